The highest BCUT2D eigenvalue weighted by Gasteiger charge is 2.29. The fourth-order valence-corrected chi connectivity index (χ4v) is 2.45. The van der Waals surface area contributed by atoms with Crippen LogP contribution in [-0.4, -0.2) is 30.6 Å². The average molecular weight is 216 g/mol. The summed E-state index contributed by atoms with van der Waals surface area (Å²) < 4.78 is 24.8. The number of nitriles is 1. The molecule has 0 spiro atoms. The van der Waals surface area contributed by atoms with Gasteiger partial charge in [0, 0.05) is 12.6 Å². The van der Waals surface area contributed by atoms with Crippen LogP contribution in [0.2, 0.25) is 0 Å². The van der Waals surface area contributed by atoms with Crippen LogP contribution in [-0.2, 0) is 10.0 Å². The summed E-state index contributed by atoms with van der Waals surface area (Å²) in [6.45, 7) is 8.66. The first kappa shape index (κ1) is 13.1. The Morgan fingerprint density at radius 3 is 2.29 bits per heavy atom. The monoisotopic (exact) mass is 216 g/mol. The van der Waals surface area contributed by atoms with Gasteiger partial charge in [0.05, 0.1) is 6.07 Å². The molecule has 0 amide bonds. The van der Waals surface area contributed by atoms with Crippen LogP contribution in [0.5, 0.6) is 0 Å². The molecule has 0 aliphatic rings. The molecule has 1 unspecified atom stereocenters. The number of hydrogen-bond acceptors (Lipinski definition) is 3. The third-order valence-electron chi connectivity index (χ3n) is 1.84. The second kappa shape index (κ2) is 5.13. The van der Waals surface area contributed by atoms with Crippen LogP contribution in [0.4, 0.5) is 0 Å². The molecule has 0 aromatic rings. The van der Waals surface area contributed by atoms with Crippen molar-refractivity contribution < 1.29 is 8.42 Å². The van der Waals surface area contributed by atoms with Gasteiger partial charge in [0.1, 0.15) is 0 Å². The molecular formula is C9H16N2O2S. The summed E-state index contributed by atoms with van der Waals surface area (Å²) in [6, 6.07) is 1.58. The van der Waals surface area contributed by atoms with E-state index in [9.17, 15) is 8.42 Å². The minimum Gasteiger partial charge on any atom is -0.211 e. The second-order valence-corrected chi connectivity index (χ2v) is 5.47. The fourth-order valence-electron chi connectivity index (χ4n) is 1.01. The Bertz CT molecular complexity index is 327. The van der Waals surface area contributed by atoms with E-state index in [1.54, 1.807) is 19.9 Å². The summed E-state index contributed by atoms with van der Waals surface area (Å²) in [5.74, 6) is 0. The van der Waals surface area contributed by atoms with E-state index >= 15 is 0 Å². The van der Waals surface area contributed by atoms with E-state index in [0.29, 0.717) is 0 Å². The summed E-state index contributed by atoms with van der Waals surface area (Å²) in [5.41, 5.74) is 0. The molecule has 0 fully saturated rings. The molecule has 4 nitrogen and oxygen atoms in total. The molecule has 80 valence electrons. The van der Waals surface area contributed by atoms with E-state index in [1.165, 1.54) is 17.3 Å². The molecule has 0 aliphatic heterocycles. The predicted molar refractivity (Wildman–Crippen MR) is 56.0 cm³/mol. The van der Waals surface area contributed by atoms with Gasteiger partial charge in [0.25, 0.3) is 0 Å². The highest BCUT2D eigenvalue weighted by atomic mass is 32.2. The summed E-state index contributed by atoms with van der Waals surface area (Å²) in [5, 5.41) is 7.58. The van der Waals surface area contributed by atoms with E-state index < -0.39 is 15.3 Å². The van der Waals surface area contributed by atoms with Gasteiger partial charge in [-0.2, -0.15) is 9.57 Å². The summed E-state index contributed by atoms with van der Waals surface area (Å²) in [4.78, 5) is 0. The zero-order chi connectivity index (χ0) is 11.4. The van der Waals surface area contributed by atoms with Crippen molar-refractivity contribution in [3.63, 3.8) is 0 Å². The minimum atomic E-state index is -3.51. The van der Waals surface area contributed by atoms with Gasteiger partial charge in [-0.1, -0.05) is 6.08 Å². The summed E-state index contributed by atoms with van der Waals surface area (Å²) >= 11 is 0. The lowest BCUT2D eigenvalue weighted by molar-refractivity contribution is 0.380. The van der Waals surface area contributed by atoms with Gasteiger partial charge in [-0.25, -0.2) is 8.42 Å². The highest BCUT2D eigenvalue weighted by molar-refractivity contribution is 7.90. The zero-order valence-electron chi connectivity index (χ0n) is 8.77. The van der Waals surface area contributed by atoms with Crippen molar-refractivity contribution in [1.82, 2.24) is 4.31 Å². The average Bonchev–Trinajstić information content (AvgIpc) is 2.11. The number of hydrogen-bond donors (Lipinski definition) is 0. The van der Waals surface area contributed by atoms with E-state index in [0.717, 1.165) is 0 Å². The molecule has 0 saturated heterocycles. The minimum absolute atomic E-state index is 0.159. The van der Waals surface area contributed by atoms with Gasteiger partial charge < -0.3 is 0 Å². The Labute approximate surface area is 85.9 Å². The molecule has 0 aromatic heterocycles. The topological polar surface area (TPSA) is 61.2 Å². The maximum Gasteiger partial charge on any atom is 0.230 e. The van der Waals surface area contributed by atoms with Crippen LogP contribution >= 0.6 is 0 Å². The molecule has 0 aromatic carbocycles. The van der Waals surface area contributed by atoms with Crippen molar-refractivity contribution in [2.24, 2.45) is 0 Å². The zero-order valence-corrected chi connectivity index (χ0v) is 9.58. The van der Waals surface area contributed by atoms with Crippen molar-refractivity contribution in [3.8, 4) is 6.07 Å². The molecule has 0 radical (unpaired) electrons. The van der Waals surface area contributed by atoms with Gasteiger partial charge in [-0.05, 0) is 20.8 Å². The van der Waals surface area contributed by atoms with Crippen molar-refractivity contribution >= 4 is 10.0 Å². The van der Waals surface area contributed by atoms with E-state index in [4.69, 9.17) is 5.26 Å². The lowest BCUT2D eigenvalue weighted by Crippen LogP contribution is -2.41. The van der Waals surface area contributed by atoms with Crippen LogP contribution in [0.1, 0.15) is 20.8 Å². The first-order valence-corrected chi connectivity index (χ1v) is 5.89. The largest absolute Gasteiger partial charge is 0.230 e. The lowest BCUT2D eigenvalue weighted by atomic mass is 10.4. The van der Waals surface area contributed by atoms with Crippen molar-refractivity contribution in [1.29, 1.82) is 5.26 Å². The van der Waals surface area contributed by atoms with Crippen LogP contribution < -0.4 is 0 Å². The highest BCUT2D eigenvalue weighted by Crippen LogP contribution is 2.12. The third-order valence-corrected chi connectivity index (χ3v) is 4.06. The van der Waals surface area contributed by atoms with Crippen LogP contribution in [0, 0.1) is 11.3 Å². The predicted octanol–water partition coefficient (Wildman–Crippen LogP) is 1.12. The normalized spacial score (nSPS) is 14.0. The quantitative estimate of drug-likeness (QED) is 0.647. The van der Waals surface area contributed by atoms with E-state index in [-0.39, 0.29) is 12.6 Å². The Balaban J connectivity index is 5.02. The molecule has 1 atom stereocenters. The molecule has 14 heavy (non-hydrogen) atoms. The van der Waals surface area contributed by atoms with Gasteiger partial charge in [-0.15, -0.1) is 6.58 Å². The summed E-state index contributed by atoms with van der Waals surface area (Å²) in [6.07, 6.45) is 1.52. The Morgan fingerprint density at radius 1 is 1.50 bits per heavy atom. The third kappa shape index (κ3) is 2.82. The molecule has 0 rings (SSSR count). The molecule has 0 N–H and O–H groups in total. The standard InChI is InChI=1S/C9H16N2O2S/c1-5-6-11(8(2)3)14(12,13)9(4)7-10/h5,8-9H,1,6H2,2-4H3. The van der Waals surface area contributed by atoms with Crippen molar-refractivity contribution in [2.75, 3.05) is 6.54 Å². The van der Waals surface area contributed by atoms with Gasteiger partial charge >= 0.3 is 0 Å². The van der Waals surface area contributed by atoms with Gasteiger partial charge in [-0.3, -0.25) is 0 Å². The maximum atomic E-state index is 11.7. The van der Waals surface area contributed by atoms with Crippen LogP contribution in [0.25, 0.3) is 0 Å². The van der Waals surface area contributed by atoms with Crippen molar-refractivity contribution in [2.45, 2.75) is 32.1 Å². The fraction of sp³-hybridized carbons (Fsp3) is 0.667. The molecule has 5 heteroatoms. The Hall–Kier alpha value is -0.860. The Morgan fingerprint density at radius 2 is 2.00 bits per heavy atom. The first-order chi connectivity index (χ1) is 6.37. The molecular weight excluding hydrogens is 200 g/mol. The Kier molecular flexibility index (Phi) is 4.81. The lowest BCUT2D eigenvalue weighted by Gasteiger charge is -2.25. The number of sulfonamides is 1. The number of nitrogens with zero attached hydrogens (tertiary/aromatic N) is 2. The van der Waals surface area contributed by atoms with Crippen LogP contribution in [0.3, 0.4) is 0 Å². The number of rotatable bonds is 5. The summed E-state index contributed by atoms with van der Waals surface area (Å²) in [7, 11) is -3.51. The molecule has 0 bridgehead atoms. The van der Waals surface area contributed by atoms with Crippen LogP contribution in [0.15, 0.2) is 12.7 Å². The maximum absolute atomic E-state index is 11.7. The van der Waals surface area contributed by atoms with Gasteiger partial charge in [0.15, 0.2) is 5.25 Å². The molecule has 0 saturated carbocycles. The first-order valence-electron chi connectivity index (χ1n) is 4.39. The second-order valence-electron chi connectivity index (χ2n) is 3.27. The smallest absolute Gasteiger partial charge is 0.211 e. The van der Waals surface area contributed by atoms with E-state index in [1.807, 2.05) is 0 Å². The van der Waals surface area contributed by atoms with Gasteiger partial charge in [0.2, 0.25) is 10.0 Å². The van der Waals surface area contributed by atoms with Crippen molar-refractivity contribution in [3.05, 3.63) is 12.7 Å². The van der Waals surface area contributed by atoms with E-state index in [2.05, 4.69) is 6.58 Å². The SMILES string of the molecule is C=CCN(C(C)C)S(=O)(=O)C(C)C#N. The molecule has 0 heterocycles. The molecule has 0 aliphatic carbocycles.